The van der Waals surface area contributed by atoms with E-state index in [1.165, 1.54) is 11.6 Å². The van der Waals surface area contributed by atoms with Gasteiger partial charge >= 0.3 is 0 Å². The van der Waals surface area contributed by atoms with Gasteiger partial charge in [-0.25, -0.2) is 4.98 Å². The number of nitrogens with one attached hydrogen (secondary N) is 1. The first-order chi connectivity index (χ1) is 12.0. The number of fused-ring (bicyclic) bond motifs is 1. The Bertz CT molecular complexity index is 942. The molecule has 0 aliphatic carbocycles. The van der Waals surface area contributed by atoms with Crippen molar-refractivity contribution in [2.45, 2.75) is 19.9 Å². The zero-order valence-corrected chi connectivity index (χ0v) is 14.7. The van der Waals surface area contributed by atoms with E-state index < -0.39 is 0 Å². The molecule has 5 nitrogen and oxygen atoms in total. The number of nitrogens with zero attached hydrogens (tertiary/aromatic N) is 2. The van der Waals surface area contributed by atoms with E-state index in [2.05, 4.69) is 35.1 Å². The highest BCUT2D eigenvalue weighted by atomic mass is 16.2. The van der Waals surface area contributed by atoms with Crippen LogP contribution in [0.25, 0.3) is 17.0 Å². The van der Waals surface area contributed by atoms with Crippen molar-refractivity contribution in [3.05, 3.63) is 65.5 Å². The highest BCUT2D eigenvalue weighted by Crippen LogP contribution is 2.28. The second-order valence-electron chi connectivity index (χ2n) is 6.23. The van der Waals surface area contributed by atoms with Crippen LogP contribution in [-0.4, -0.2) is 27.8 Å². The van der Waals surface area contributed by atoms with E-state index in [4.69, 9.17) is 5.73 Å². The van der Waals surface area contributed by atoms with E-state index in [1.807, 2.05) is 19.2 Å². The number of nitrogen functional groups attached to an aromatic ring is 1. The number of anilines is 1. The topological polar surface area (TPSA) is 75.0 Å². The van der Waals surface area contributed by atoms with E-state index in [0.29, 0.717) is 5.82 Å². The van der Waals surface area contributed by atoms with Crippen LogP contribution in [0.4, 0.5) is 5.82 Å². The van der Waals surface area contributed by atoms with Gasteiger partial charge in [-0.1, -0.05) is 12.1 Å². The molecular formula is C20H22N4O. The number of rotatable bonds is 4. The van der Waals surface area contributed by atoms with Crippen LogP contribution in [0, 0.1) is 6.92 Å². The van der Waals surface area contributed by atoms with E-state index in [1.54, 1.807) is 30.3 Å². The number of H-pyrrole nitrogens is 1. The maximum atomic E-state index is 12.5. The van der Waals surface area contributed by atoms with Gasteiger partial charge < -0.3 is 15.6 Å². The number of aryl methyl sites for hydroxylation is 1. The van der Waals surface area contributed by atoms with Gasteiger partial charge in [0.05, 0.1) is 6.04 Å². The summed E-state index contributed by atoms with van der Waals surface area (Å²) < 4.78 is 0. The van der Waals surface area contributed by atoms with Gasteiger partial charge in [0.15, 0.2) is 0 Å². The molecule has 1 unspecified atom stereocenters. The summed E-state index contributed by atoms with van der Waals surface area (Å²) in [4.78, 5) is 21.5. The Hall–Kier alpha value is -3.08. The van der Waals surface area contributed by atoms with Gasteiger partial charge in [0.25, 0.3) is 0 Å². The van der Waals surface area contributed by atoms with Crippen molar-refractivity contribution in [3.8, 4) is 0 Å². The van der Waals surface area contributed by atoms with Crippen LogP contribution in [0.2, 0.25) is 0 Å². The molecule has 0 aliphatic rings. The van der Waals surface area contributed by atoms with Crippen LogP contribution in [0.3, 0.4) is 0 Å². The average molecular weight is 334 g/mol. The SMILES string of the molecule is Cc1ccc2c(C(C)N(C)C(=O)/C=C/c3cccnc3N)c[nH]c2c1. The molecule has 0 spiro atoms. The molecular weight excluding hydrogens is 312 g/mol. The summed E-state index contributed by atoms with van der Waals surface area (Å²) in [5.41, 5.74) is 9.92. The Labute approximate surface area is 147 Å². The molecule has 1 aromatic carbocycles. The minimum absolute atomic E-state index is 0.0557. The molecule has 0 saturated heterocycles. The summed E-state index contributed by atoms with van der Waals surface area (Å²) in [5.74, 6) is 0.325. The van der Waals surface area contributed by atoms with Crippen molar-refractivity contribution >= 4 is 28.7 Å². The molecule has 5 heteroatoms. The normalized spacial score (nSPS) is 12.6. The van der Waals surface area contributed by atoms with E-state index >= 15 is 0 Å². The smallest absolute Gasteiger partial charge is 0.246 e. The van der Waals surface area contributed by atoms with Gasteiger partial charge in [-0.15, -0.1) is 0 Å². The second-order valence-corrected chi connectivity index (χ2v) is 6.23. The predicted octanol–water partition coefficient (Wildman–Crippen LogP) is 3.69. The van der Waals surface area contributed by atoms with Crippen LogP contribution >= 0.6 is 0 Å². The molecule has 0 radical (unpaired) electrons. The Morgan fingerprint density at radius 2 is 2.16 bits per heavy atom. The highest BCUT2D eigenvalue weighted by Gasteiger charge is 2.18. The van der Waals surface area contributed by atoms with Crippen molar-refractivity contribution in [2.75, 3.05) is 12.8 Å². The molecule has 3 aromatic rings. The molecule has 0 fully saturated rings. The quantitative estimate of drug-likeness (QED) is 0.715. The molecule has 3 rings (SSSR count). The van der Waals surface area contributed by atoms with Crippen LogP contribution in [-0.2, 0) is 4.79 Å². The first-order valence-electron chi connectivity index (χ1n) is 8.20. The van der Waals surface area contributed by atoms with Crippen molar-refractivity contribution < 1.29 is 4.79 Å². The third kappa shape index (κ3) is 3.40. The average Bonchev–Trinajstić information content (AvgIpc) is 3.02. The number of hydrogen-bond donors (Lipinski definition) is 2. The fourth-order valence-electron chi connectivity index (χ4n) is 2.86. The number of aromatic amines is 1. The van der Waals surface area contributed by atoms with Gasteiger partial charge in [0.2, 0.25) is 5.91 Å². The van der Waals surface area contributed by atoms with Crippen molar-refractivity contribution in [3.63, 3.8) is 0 Å². The number of hydrogen-bond acceptors (Lipinski definition) is 3. The fraction of sp³-hybridized carbons (Fsp3) is 0.200. The lowest BCUT2D eigenvalue weighted by Crippen LogP contribution is -2.27. The van der Waals surface area contributed by atoms with Crippen molar-refractivity contribution in [1.82, 2.24) is 14.9 Å². The third-order valence-corrected chi connectivity index (χ3v) is 4.52. The first-order valence-corrected chi connectivity index (χ1v) is 8.20. The molecule has 1 atom stereocenters. The number of aromatic nitrogens is 2. The van der Waals surface area contributed by atoms with Crippen LogP contribution in [0.5, 0.6) is 0 Å². The minimum Gasteiger partial charge on any atom is -0.383 e. The van der Waals surface area contributed by atoms with E-state index in [-0.39, 0.29) is 11.9 Å². The number of carbonyl (C=O) groups excluding carboxylic acids is 1. The van der Waals surface area contributed by atoms with Crippen molar-refractivity contribution in [1.29, 1.82) is 0 Å². The highest BCUT2D eigenvalue weighted by molar-refractivity contribution is 5.93. The summed E-state index contributed by atoms with van der Waals surface area (Å²) >= 11 is 0. The summed E-state index contributed by atoms with van der Waals surface area (Å²) in [6.45, 7) is 4.08. The zero-order valence-electron chi connectivity index (χ0n) is 14.7. The first kappa shape index (κ1) is 16.8. The maximum absolute atomic E-state index is 12.5. The van der Waals surface area contributed by atoms with Crippen LogP contribution < -0.4 is 5.73 Å². The lowest BCUT2D eigenvalue weighted by molar-refractivity contribution is -0.126. The number of carbonyl (C=O) groups is 1. The number of benzene rings is 1. The fourth-order valence-corrected chi connectivity index (χ4v) is 2.86. The number of amides is 1. The van der Waals surface area contributed by atoms with Gasteiger partial charge in [-0.05, 0) is 49.2 Å². The Kier molecular flexibility index (Phi) is 4.57. The van der Waals surface area contributed by atoms with Gasteiger partial charge in [0, 0.05) is 42.0 Å². The predicted molar refractivity (Wildman–Crippen MR) is 102 cm³/mol. The Morgan fingerprint density at radius 3 is 2.92 bits per heavy atom. The monoisotopic (exact) mass is 334 g/mol. The molecule has 0 bridgehead atoms. The Morgan fingerprint density at radius 1 is 1.36 bits per heavy atom. The molecule has 2 heterocycles. The van der Waals surface area contributed by atoms with E-state index in [0.717, 1.165) is 22.0 Å². The van der Waals surface area contributed by atoms with Gasteiger partial charge in [-0.3, -0.25) is 4.79 Å². The van der Waals surface area contributed by atoms with Gasteiger partial charge in [-0.2, -0.15) is 0 Å². The minimum atomic E-state index is -0.0859. The third-order valence-electron chi connectivity index (χ3n) is 4.52. The van der Waals surface area contributed by atoms with E-state index in [9.17, 15) is 4.79 Å². The molecule has 128 valence electrons. The molecule has 2 aromatic heterocycles. The summed E-state index contributed by atoms with van der Waals surface area (Å²) in [7, 11) is 1.80. The number of likely N-dealkylation sites (N-methyl/N-ethyl adjacent to an activating group) is 1. The lowest BCUT2D eigenvalue weighted by atomic mass is 10.0. The lowest BCUT2D eigenvalue weighted by Gasteiger charge is -2.23. The van der Waals surface area contributed by atoms with Crippen molar-refractivity contribution in [2.24, 2.45) is 0 Å². The molecule has 0 aliphatic heterocycles. The molecule has 3 N–H and O–H groups in total. The number of pyridine rings is 1. The Balaban J connectivity index is 1.80. The molecule has 25 heavy (non-hydrogen) atoms. The number of nitrogens with two attached hydrogens (primary N) is 1. The maximum Gasteiger partial charge on any atom is 0.246 e. The van der Waals surface area contributed by atoms with Crippen LogP contribution in [0.1, 0.15) is 29.7 Å². The standard InChI is InChI=1S/C20H22N4O/c1-13-6-8-16-17(12-23-18(16)11-13)14(2)24(3)19(25)9-7-15-5-4-10-22-20(15)21/h4-12,14,23H,1-3H3,(H2,21,22)/b9-7+. The summed E-state index contributed by atoms with van der Waals surface area (Å²) in [6, 6.07) is 9.85. The zero-order chi connectivity index (χ0) is 18.0. The molecule has 1 amide bonds. The second kappa shape index (κ2) is 6.81. The summed E-state index contributed by atoms with van der Waals surface area (Å²) in [6.07, 6.45) is 6.83. The van der Waals surface area contributed by atoms with Gasteiger partial charge in [0.1, 0.15) is 5.82 Å². The summed E-state index contributed by atoms with van der Waals surface area (Å²) in [5, 5.41) is 1.14. The largest absolute Gasteiger partial charge is 0.383 e. The molecule has 0 saturated carbocycles. The van der Waals surface area contributed by atoms with Crippen LogP contribution in [0.15, 0.2) is 48.8 Å².